The summed E-state index contributed by atoms with van der Waals surface area (Å²) in [5.74, 6) is 0. The van der Waals surface area contributed by atoms with E-state index in [2.05, 4.69) is 85.1 Å². The average Bonchev–Trinajstić information content (AvgIpc) is 2.89. The molecular formula is C22H22. The van der Waals surface area contributed by atoms with Gasteiger partial charge in [-0.1, -0.05) is 85.1 Å². The van der Waals surface area contributed by atoms with Crippen molar-refractivity contribution >= 4 is 0 Å². The first kappa shape index (κ1) is 14.6. The van der Waals surface area contributed by atoms with Crippen molar-refractivity contribution in [2.45, 2.75) is 25.7 Å². The zero-order chi connectivity index (χ0) is 15.0. The minimum atomic E-state index is 1.00. The third kappa shape index (κ3) is 3.65. The van der Waals surface area contributed by atoms with Crippen LogP contribution in [0.2, 0.25) is 0 Å². The molecule has 0 bridgehead atoms. The molecule has 0 saturated carbocycles. The topological polar surface area (TPSA) is 0 Å². The van der Waals surface area contributed by atoms with E-state index in [1.807, 2.05) is 0 Å². The van der Waals surface area contributed by atoms with Crippen LogP contribution in [0, 0.1) is 0 Å². The fraction of sp³-hybridized carbons (Fsp3) is 0.182. The smallest absolute Gasteiger partial charge is 0.00883 e. The summed E-state index contributed by atoms with van der Waals surface area (Å²) in [4.78, 5) is 0. The van der Waals surface area contributed by atoms with Crippen LogP contribution in [0.3, 0.4) is 0 Å². The zero-order valence-corrected chi connectivity index (χ0v) is 12.9. The minimum Gasteiger partial charge on any atom is -0.0801 e. The second-order valence-corrected chi connectivity index (χ2v) is 5.63. The molecule has 0 heteroatoms. The van der Waals surface area contributed by atoms with E-state index >= 15 is 0 Å². The van der Waals surface area contributed by atoms with Crippen LogP contribution in [-0.2, 0) is 0 Å². The van der Waals surface area contributed by atoms with Gasteiger partial charge in [0.05, 0.1) is 0 Å². The molecule has 0 aromatic carbocycles. The van der Waals surface area contributed by atoms with E-state index < -0.39 is 0 Å². The maximum absolute atomic E-state index is 2.42. The summed E-state index contributed by atoms with van der Waals surface area (Å²) in [6, 6.07) is 0. The molecule has 0 amide bonds. The Balaban J connectivity index is 1.99. The fourth-order valence-electron chi connectivity index (χ4n) is 2.93. The second-order valence-electron chi connectivity index (χ2n) is 5.63. The van der Waals surface area contributed by atoms with Crippen LogP contribution in [-0.4, -0.2) is 0 Å². The number of hydrogen-bond donors (Lipinski definition) is 0. The summed E-state index contributed by atoms with van der Waals surface area (Å²) in [5.41, 5.74) is 5.49. The normalized spacial score (nSPS) is 24.0. The van der Waals surface area contributed by atoms with Gasteiger partial charge in [0.2, 0.25) is 0 Å². The van der Waals surface area contributed by atoms with E-state index in [1.165, 1.54) is 28.7 Å². The quantitative estimate of drug-likeness (QED) is 0.577. The highest BCUT2D eigenvalue weighted by molar-refractivity contribution is 5.61. The van der Waals surface area contributed by atoms with Crippen molar-refractivity contribution in [3.63, 3.8) is 0 Å². The van der Waals surface area contributed by atoms with Crippen LogP contribution in [0.15, 0.2) is 107 Å². The predicted octanol–water partition coefficient (Wildman–Crippen LogP) is 6.07. The van der Waals surface area contributed by atoms with E-state index in [-0.39, 0.29) is 0 Å². The van der Waals surface area contributed by atoms with Gasteiger partial charge in [0.15, 0.2) is 0 Å². The van der Waals surface area contributed by atoms with Crippen molar-refractivity contribution in [2.24, 2.45) is 0 Å². The molecule has 0 aromatic heterocycles. The molecule has 0 aromatic rings. The molecule has 0 heterocycles. The van der Waals surface area contributed by atoms with Gasteiger partial charge < -0.3 is 0 Å². The first-order valence-electron chi connectivity index (χ1n) is 8.11. The Kier molecular flexibility index (Phi) is 5.04. The van der Waals surface area contributed by atoms with Crippen molar-refractivity contribution in [2.75, 3.05) is 0 Å². The molecule has 0 nitrogen and oxygen atoms in total. The molecule has 3 rings (SSSR count). The molecule has 3 aliphatic carbocycles. The minimum absolute atomic E-state index is 1.00. The highest BCUT2D eigenvalue weighted by Gasteiger charge is 2.14. The van der Waals surface area contributed by atoms with E-state index in [0.29, 0.717) is 0 Å². The fourth-order valence-corrected chi connectivity index (χ4v) is 2.93. The maximum Gasteiger partial charge on any atom is -0.00883 e. The Morgan fingerprint density at radius 3 is 2.32 bits per heavy atom. The summed E-state index contributed by atoms with van der Waals surface area (Å²) in [7, 11) is 0. The summed E-state index contributed by atoms with van der Waals surface area (Å²) >= 11 is 0. The standard InChI is InChI=1S/C22H22/c1-2-7-13-19(14-8-3-1)21-17-11-6-12-18-22(21)20-15-9-4-5-10-16-20/h1-5,7-10,13-15,17-18H,6,11-12,16H2/b2-1-,3-1?,7-2?,8-3-,13-7?,14-8?,19-13?,19-14?. The summed E-state index contributed by atoms with van der Waals surface area (Å²) in [6.45, 7) is 0. The second kappa shape index (κ2) is 7.61. The molecule has 0 spiro atoms. The lowest BCUT2D eigenvalue weighted by Gasteiger charge is -2.15. The molecule has 0 aliphatic heterocycles. The average molecular weight is 286 g/mol. The van der Waals surface area contributed by atoms with Gasteiger partial charge in [0, 0.05) is 0 Å². The molecule has 0 atom stereocenters. The van der Waals surface area contributed by atoms with Gasteiger partial charge in [-0.2, -0.15) is 0 Å². The zero-order valence-electron chi connectivity index (χ0n) is 12.9. The number of allylic oxidation sites excluding steroid dienone is 18. The monoisotopic (exact) mass is 286 g/mol. The molecule has 3 aliphatic rings. The van der Waals surface area contributed by atoms with Gasteiger partial charge in [-0.05, 0) is 48.0 Å². The van der Waals surface area contributed by atoms with Crippen molar-refractivity contribution in [1.29, 1.82) is 0 Å². The number of rotatable bonds is 2. The molecule has 0 unspecified atom stereocenters. The third-order valence-corrected chi connectivity index (χ3v) is 4.04. The number of hydrogen-bond acceptors (Lipinski definition) is 0. The Hall–Kier alpha value is -2.34. The van der Waals surface area contributed by atoms with Crippen LogP contribution in [0.4, 0.5) is 0 Å². The highest BCUT2D eigenvalue weighted by atomic mass is 14.2. The lowest BCUT2D eigenvalue weighted by atomic mass is 9.89. The molecule has 110 valence electrons. The summed E-state index contributed by atoms with van der Waals surface area (Å²) in [5, 5.41) is 0. The van der Waals surface area contributed by atoms with Gasteiger partial charge in [0.1, 0.15) is 0 Å². The van der Waals surface area contributed by atoms with Gasteiger partial charge in [-0.15, -0.1) is 0 Å². The van der Waals surface area contributed by atoms with Crippen LogP contribution < -0.4 is 0 Å². The SMILES string of the molecule is C1=CC=C(C2=CCCCC=C2C2=C/C=C\C=C/C=C2)CC=C1. The summed E-state index contributed by atoms with van der Waals surface area (Å²) < 4.78 is 0. The summed E-state index contributed by atoms with van der Waals surface area (Å²) in [6.07, 6.45) is 35.2. The lowest BCUT2D eigenvalue weighted by molar-refractivity contribution is 0.873. The first-order valence-corrected chi connectivity index (χ1v) is 8.11. The van der Waals surface area contributed by atoms with Crippen molar-refractivity contribution in [1.82, 2.24) is 0 Å². The van der Waals surface area contributed by atoms with Gasteiger partial charge >= 0.3 is 0 Å². The van der Waals surface area contributed by atoms with E-state index in [9.17, 15) is 0 Å². The van der Waals surface area contributed by atoms with Crippen molar-refractivity contribution in [3.05, 3.63) is 107 Å². The molecule has 22 heavy (non-hydrogen) atoms. The Morgan fingerprint density at radius 1 is 0.636 bits per heavy atom. The lowest BCUT2D eigenvalue weighted by Crippen LogP contribution is -1.97. The van der Waals surface area contributed by atoms with Gasteiger partial charge in [-0.3, -0.25) is 0 Å². The van der Waals surface area contributed by atoms with E-state index in [4.69, 9.17) is 0 Å². The third-order valence-electron chi connectivity index (χ3n) is 4.04. The molecule has 0 radical (unpaired) electrons. The molecular weight excluding hydrogens is 264 g/mol. The molecule has 0 fully saturated rings. The van der Waals surface area contributed by atoms with Crippen LogP contribution >= 0.6 is 0 Å². The van der Waals surface area contributed by atoms with Crippen molar-refractivity contribution in [3.8, 4) is 0 Å². The van der Waals surface area contributed by atoms with Crippen LogP contribution in [0.5, 0.6) is 0 Å². The van der Waals surface area contributed by atoms with Crippen LogP contribution in [0.25, 0.3) is 0 Å². The Labute approximate surface area is 133 Å². The maximum atomic E-state index is 2.42. The Bertz CT molecular complexity index is 680. The van der Waals surface area contributed by atoms with Crippen molar-refractivity contribution < 1.29 is 0 Å². The van der Waals surface area contributed by atoms with E-state index in [1.54, 1.807) is 0 Å². The first-order chi connectivity index (χ1) is 10.9. The molecule has 0 N–H and O–H groups in total. The van der Waals surface area contributed by atoms with E-state index in [0.717, 1.165) is 19.3 Å². The van der Waals surface area contributed by atoms with Crippen LogP contribution in [0.1, 0.15) is 25.7 Å². The highest BCUT2D eigenvalue weighted by Crippen LogP contribution is 2.33. The Morgan fingerprint density at radius 2 is 1.36 bits per heavy atom. The largest absolute Gasteiger partial charge is 0.0801 e. The molecule has 0 saturated heterocycles. The van der Waals surface area contributed by atoms with Gasteiger partial charge in [-0.25, -0.2) is 0 Å². The predicted molar refractivity (Wildman–Crippen MR) is 96.5 cm³/mol. The van der Waals surface area contributed by atoms with Gasteiger partial charge in [0.25, 0.3) is 0 Å².